The lowest BCUT2D eigenvalue weighted by atomic mass is 10.2. The van der Waals surface area contributed by atoms with Crippen molar-refractivity contribution >= 4 is 0 Å². The van der Waals surface area contributed by atoms with Crippen molar-refractivity contribution in [3.05, 3.63) is 36.2 Å². The van der Waals surface area contributed by atoms with Crippen LogP contribution in [0.2, 0.25) is 0 Å². The molecule has 3 rings (SSSR count). The first-order chi connectivity index (χ1) is 9.67. The molecular formula is C13H8N4O3. The lowest BCUT2D eigenvalue weighted by molar-refractivity contribution is 0.404. The molecule has 7 nitrogen and oxygen atoms in total. The van der Waals surface area contributed by atoms with Crippen LogP contribution in [-0.2, 0) is 0 Å². The van der Waals surface area contributed by atoms with Gasteiger partial charge >= 0.3 is 0 Å². The highest BCUT2D eigenvalue weighted by Gasteiger charge is 2.13. The van der Waals surface area contributed by atoms with Crippen LogP contribution in [0.3, 0.4) is 0 Å². The molecule has 0 radical (unpaired) electrons. The van der Waals surface area contributed by atoms with Crippen LogP contribution >= 0.6 is 0 Å². The first-order valence-corrected chi connectivity index (χ1v) is 5.62. The van der Waals surface area contributed by atoms with E-state index in [9.17, 15) is 10.2 Å². The highest BCUT2D eigenvalue weighted by Crippen LogP contribution is 2.30. The van der Waals surface area contributed by atoms with Gasteiger partial charge in [-0.25, -0.2) is 0 Å². The molecule has 0 saturated carbocycles. The molecule has 0 amide bonds. The first-order valence-electron chi connectivity index (χ1n) is 5.62. The predicted octanol–water partition coefficient (Wildman–Crippen LogP) is 2.01. The van der Waals surface area contributed by atoms with E-state index >= 15 is 0 Å². The van der Waals surface area contributed by atoms with Gasteiger partial charge in [-0.2, -0.15) is 10.2 Å². The maximum atomic E-state index is 9.44. The van der Waals surface area contributed by atoms with Gasteiger partial charge in [0.2, 0.25) is 5.82 Å². The summed E-state index contributed by atoms with van der Waals surface area (Å²) in [7, 11) is 0. The van der Waals surface area contributed by atoms with E-state index in [4.69, 9.17) is 9.78 Å². The lowest BCUT2D eigenvalue weighted by Gasteiger charge is -1.98. The largest absolute Gasteiger partial charge is 0.504 e. The number of benzene rings is 1. The zero-order valence-corrected chi connectivity index (χ0v) is 10.0. The number of hydrogen-bond donors (Lipinski definition) is 3. The van der Waals surface area contributed by atoms with Gasteiger partial charge < -0.3 is 19.7 Å². The van der Waals surface area contributed by atoms with Gasteiger partial charge in [0, 0.05) is 11.8 Å². The molecule has 0 aliphatic carbocycles. The van der Waals surface area contributed by atoms with Crippen molar-refractivity contribution in [1.82, 2.24) is 15.1 Å². The van der Waals surface area contributed by atoms with Crippen molar-refractivity contribution in [3.63, 3.8) is 0 Å². The Hall–Kier alpha value is -3.27. The van der Waals surface area contributed by atoms with Crippen LogP contribution in [0.1, 0.15) is 5.69 Å². The fraction of sp³-hybridized carbons (Fsp3) is 0. The third-order valence-electron chi connectivity index (χ3n) is 2.71. The van der Waals surface area contributed by atoms with E-state index in [1.165, 1.54) is 12.1 Å². The number of aromatic hydroxyl groups is 2. The molecule has 0 aliphatic heterocycles. The summed E-state index contributed by atoms with van der Waals surface area (Å²) in [6, 6.07) is 7.78. The zero-order valence-electron chi connectivity index (χ0n) is 10.0. The SMILES string of the molecule is N#Cc1cc(-c2nc(-c3ccc(O)c(O)c3)no2)c[nH]1. The van der Waals surface area contributed by atoms with E-state index < -0.39 is 0 Å². The standard InChI is InChI=1S/C13H8N4O3/c14-5-9-3-8(6-15-9)13-16-12(17-20-13)7-1-2-10(18)11(19)4-7/h1-4,6,15,18-19H. The quantitative estimate of drug-likeness (QED) is 0.611. The van der Waals surface area contributed by atoms with Gasteiger partial charge in [0.05, 0.1) is 5.56 Å². The fourth-order valence-electron chi connectivity index (χ4n) is 1.70. The van der Waals surface area contributed by atoms with Gasteiger partial charge in [0.1, 0.15) is 11.8 Å². The van der Waals surface area contributed by atoms with Crippen LogP contribution < -0.4 is 0 Å². The number of nitrogens with zero attached hydrogens (tertiary/aromatic N) is 3. The molecule has 98 valence electrons. The zero-order chi connectivity index (χ0) is 14.1. The minimum absolute atomic E-state index is 0.221. The van der Waals surface area contributed by atoms with E-state index in [1.807, 2.05) is 6.07 Å². The van der Waals surface area contributed by atoms with Crippen molar-refractivity contribution < 1.29 is 14.7 Å². The van der Waals surface area contributed by atoms with Crippen molar-refractivity contribution in [3.8, 4) is 40.4 Å². The molecule has 0 spiro atoms. The summed E-state index contributed by atoms with van der Waals surface area (Å²) in [6.45, 7) is 0. The molecule has 20 heavy (non-hydrogen) atoms. The van der Waals surface area contributed by atoms with E-state index in [0.29, 0.717) is 16.8 Å². The number of aromatic amines is 1. The summed E-state index contributed by atoms with van der Waals surface area (Å²) in [5.41, 5.74) is 1.50. The summed E-state index contributed by atoms with van der Waals surface area (Å²) in [5.74, 6) is 0.0457. The topological polar surface area (TPSA) is 119 Å². The van der Waals surface area contributed by atoms with Crippen LogP contribution in [0.5, 0.6) is 11.5 Å². The summed E-state index contributed by atoms with van der Waals surface area (Å²) in [6.07, 6.45) is 1.59. The molecule has 2 heterocycles. The second-order valence-electron chi connectivity index (χ2n) is 4.04. The maximum absolute atomic E-state index is 9.44. The van der Waals surface area contributed by atoms with E-state index in [1.54, 1.807) is 18.3 Å². The minimum atomic E-state index is -0.262. The van der Waals surface area contributed by atoms with Crippen molar-refractivity contribution in [2.75, 3.05) is 0 Å². The first kappa shape index (κ1) is 11.8. The third-order valence-corrected chi connectivity index (χ3v) is 2.71. The Bertz CT molecular complexity index is 813. The lowest BCUT2D eigenvalue weighted by Crippen LogP contribution is -1.81. The summed E-state index contributed by atoms with van der Waals surface area (Å²) in [4.78, 5) is 6.93. The molecule has 0 atom stereocenters. The van der Waals surface area contributed by atoms with Crippen LogP contribution in [0.15, 0.2) is 35.0 Å². The van der Waals surface area contributed by atoms with Crippen LogP contribution in [-0.4, -0.2) is 25.3 Å². The number of H-pyrrole nitrogens is 1. The number of nitriles is 1. The molecule has 0 unspecified atom stereocenters. The van der Waals surface area contributed by atoms with E-state index in [0.717, 1.165) is 0 Å². The number of phenols is 2. The molecule has 3 N–H and O–H groups in total. The normalized spacial score (nSPS) is 10.3. The second-order valence-corrected chi connectivity index (χ2v) is 4.04. The molecule has 2 aromatic heterocycles. The summed E-state index contributed by atoms with van der Waals surface area (Å²) >= 11 is 0. The van der Waals surface area contributed by atoms with Crippen molar-refractivity contribution in [2.45, 2.75) is 0 Å². The molecule has 0 bridgehead atoms. The number of phenolic OH excluding ortho intramolecular Hbond substituents is 2. The summed E-state index contributed by atoms with van der Waals surface area (Å²) in [5, 5.41) is 31.2. The highest BCUT2D eigenvalue weighted by atomic mass is 16.5. The van der Waals surface area contributed by atoms with E-state index in [2.05, 4.69) is 15.1 Å². The number of aromatic nitrogens is 3. The number of rotatable bonds is 2. The molecular weight excluding hydrogens is 260 g/mol. The Balaban J connectivity index is 1.97. The number of nitrogens with one attached hydrogen (secondary N) is 1. The highest BCUT2D eigenvalue weighted by molar-refractivity contribution is 5.63. The fourth-order valence-corrected chi connectivity index (χ4v) is 1.70. The van der Waals surface area contributed by atoms with E-state index in [-0.39, 0.29) is 23.2 Å². The van der Waals surface area contributed by atoms with Crippen LogP contribution in [0.4, 0.5) is 0 Å². The Morgan fingerprint density at radius 3 is 2.70 bits per heavy atom. The van der Waals surface area contributed by atoms with Crippen molar-refractivity contribution in [1.29, 1.82) is 5.26 Å². The molecule has 0 fully saturated rings. The third kappa shape index (κ3) is 1.95. The average molecular weight is 268 g/mol. The Labute approximate surface area is 112 Å². The van der Waals surface area contributed by atoms with Gasteiger partial charge in [0.25, 0.3) is 5.89 Å². The molecule has 3 aromatic rings. The molecule has 0 saturated heterocycles. The second kappa shape index (κ2) is 4.44. The molecule has 0 aliphatic rings. The molecule has 1 aromatic carbocycles. The van der Waals surface area contributed by atoms with Gasteiger partial charge in [-0.05, 0) is 24.3 Å². The van der Waals surface area contributed by atoms with Gasteiger partial charge in [-0.3, -0.25) is 0 Å². The van der Waals surface area contributed by atoms with Gasteiger partial charge in [-0.15, -0.1) is 0 Å². The minimum Gasteiger partial charge on any atom is -0.504 e. The Kier molecular flexibility index (Phi) is 2.62. The number of hydrogen-bond acceptors (Lipinski definition) is 6. The van der Waals surface area contributed by atoms with Crippen molar-refractivity contribution in [2.24, 2.45) is 0 Å². The maximum Gasteiger partial charge on any atom is 0.259 e. The predicted molar refractivity (Wildman–Crippen MR) is 67.6 cm³/mol. The Morgan fingerprint density at radius 2 is 2.00 bits per heavy atom. The smallest absolute Gasteiger partial charge is 0.259 e. The van der Waals surface area contributed by atoms with Crippen LogP contribution in [0.25, 0.3) is 22.8 Å². The summed E-state index contributed by atoms with van der Waals surface area (Å²) < 4.78 is 5.10. The monoisotopic (exact) mass is 268 g/mol. The van der Waals surface area contributed by atoms with Gasteiger partial charge in [0.15, 0.2) is 11.5 Å². The van der Waals surface area contributed by atoms with Crippen LogP contribution in [0, 0.1) is 11.3 Å². The Morgan fingerprint density at radius 1 is 1.15 bits per heavy atom. The molecule has 7 heteroatoms. The van der Waals surface area contributed by atoms with Gasteiger partial charge in [-0.1, -0.05) is 5.16 Å². The average Bonchev–Trinajstić information content (AvgIpc) is 3.09.